The molecule has 162 valence electrons. The monoisotopic (exact) mass is 431 g/mol. The largest absolute Gasteiger partial charge is 0.380 e. The lowest BCUT2D eigenvalue weighted by Gasteiger charge is -2.29. The van der Waals surface area contributed by atoms with Crippen molar-refractivity contribution in [3.8, 4) is 5.82 Å². The van der Waals surface area contributed by atoms with E-state index in [-0.39, 0.29) is 11.5 Å². The number of carbonyl (C=O) groups excluding carboxylic acids is 3. The lowest BCUT2D eigenvalue weighted by Crippen LogP contribution is -2.51. The summed E-state index contributed by atoms with van der Waals surface area (Å²) in [5.74, 6) is -0.606. The third-order valence-electron chi connectivity index (χ3n) is 5.63. The maximum atomic E-state index is 13.2. The SMILES string of the molecule is C=C1CCC(N2C(=O)c3cccc(NCc4cnn(-c5ccn(C)n5)c4)c3C2=O)C(=O)N1. The van der Waals surface area contributed by atoms with Crippen molar-refractivity contribution in [2.45, 2.75) is 25.4 Å². The molecule has 4 heterocycles. The Hall–Kier alpha value is -4.21. The fourth-order valence-corrected chi connectivity index (χ4v) is 4.04. The van der Waals surface area contributed by atoms with Gasteiger partial charge in [0.2, 0.25) is 5.91 Å². The number of fused-ring (bicyclic) bond motifs is 1. The molecular formula is C22H21N7O3. The summed E-state index contributed by atoms with van der Waals surface area (Å²) >= 11 is 0. The number of anilines is 1. The number of nitrogens with zero attached hydrogens (tertiary/aromatic N) is 5. The number of hydrogen-bond donors (Lipinski definition) is 2. The van der Waals surface area contributed by atoms with E-state index in [2.05, 4.69) is 27.4 Å². The first kappa shape index (κ1) is 19.7. The summed E-state index contributed by atoms with van der Waals surface area (Å²) < 4.78 is 3.36. The molecule has 0 radical (unpaired) electrons. The van der Waals surface area contributed by atoms with Gasteiger partial charge in [-0.2, -0.15) is 10.2 Å². The van der Waals surface area contributed by atoms with Gasteiger partial charge < -0.3 is 10.6 Å². The van der Waals surface area contributed by atoms with Gasteiger partial charge in [0.1, 0.15) is 6.04 Å². The number of imide groups is 1. The van der Waals surface area contributed by atoms with Crippen LogP contribution in [-0.4, -0.2) is 48.2 Å². The van der Waals surface area contributed by atoms with Crippen molar-refractivity contribution >= 4 is 23.4 Å². The second-order valence-electron chi connectivity index (χ2n) is 7.85. The highest BCUT2D eigenvalue weighted by atomic mass is 16.2. The first-order valence-electron chi connectivity index (χ1n) is 10.2. The highest BCUT2D eigenvalue weighted by Gasteiger charge is 2.44. The second-order valence-corrected chi connectivity index (χ2v) is 7.85. The molecule has 3 aromatic rings. The summed E-state index contributed by atoms with van der Waals surface area (Å²) in [5.41, 5.74) is 2.59. The molecule has 1 aromatic carbocycles. The van der Waals surface area contributed by atoms with E-state index in [1.165, 1.54) is 0 Å². The van der Waals surface area contributed by atoms with Gasteiger partial charge in [-0.3, -0.25) is 24.0 Å². The maximum absolute atomic E-state index is 13.2. The van der Waals surface area contributed by atoms with Gasteiger partial charge >= 0.3 is 0 Å². The van der Waals surface area contributed by atoms with E-state index in [0.29, 0.717) is 42.2 Å². The molecule has 1 saturated heterocycles. The Bertz CT molecular complexity index is 1270. The summed E-state index contributed by atoms with van der Waals surface area (Å²) in [7, 11) is 1.83. The topological polar surface area (TPSA) is 114 Å². The molecular weight excluding hydrogens is 410 g/mol. The van der Waals surface area contributed by atoms with E-state index >= 15 is 0 Å². The molecule has 2 aromatic heterocycles. The van der Waals surface area contributed by atoms with Crippen molar-refractivity contribution in [2.24, 2.45) is 7.05 Å². The third kappa shape index (κ3) is 3.25. The first-order valence-corrected chi connectivity index (χ1v) is 10.2. The molecule has 0 saturated carbocycles. The van der Waals surface area contributed by atoms with Gasteiger partial charge in [-0.05, 0) is 25.0 Å². The van der Waals surface area contributed by atoms with Gasteiger partial charge in [0, 0.05) is 49.0 Å². The Morgan fingerprint density at radius 2 is 2.06 bits per heavy atom. The van der Waals surface area contributed by atoms with Crippen molar-refractivity contribution in [3.63, 3.8) is 0 Å². The third-order valence-corrected chi connectivity index (χ3v) is 5.63. The minimum absolute atomic E-state index is 0.284. The van der Waals surface area contributed by atoms with Gasteiger partial charge in [0.25, 0.3) is 11.8 Å². The van der Waals surface area contributed by atoms with Gasteiger partial charge in [-0.1, -0.05) is 12.6 Å². The lowest BCUT2D eigenvalue weighted by atomic mass is 10.0. The van der Waals surface area contributed by atoms with Crippen LogP contribution >= 0.6 is 0 Å². The number of amides is 3. The Morgan fingerprint density at radius 3 is 2.81 bits per heavy atom. The number of hydrogen-bond acceptors (Lipinski definition) is 6. The zero-order chi connectivity index (χ0) is 22.4. The van der Waals surface area contributed by atoms with Crippen LogP contribution in [0.3, 0.4) is 0 Å². The fourth-order valence-electron chi connectivity index (χ4n) is 4.04. The molecule has 5 rings (SSSR count). The quantitative estimate of drug-likeness (QED) is 0.593. The molecule has 0 aliphatic carbocycles. The maximum Gasteiger partial charge on any atom is 0.264 e. The van der Waals surface area contributed by atoms with Gasteiger partial charge in [0.15, 0.2) is 5.82 Å². The number of aromatic nitrogens is 4. The van der Waals surface area contributed by atoms with E-state index in [1.807, 2.05) is 25.5 Å². The minimum atomic E-state index is -0.836. The Balaban J connectivity index is 1.36. The molecule has 10 nitrogen and oxygen atoms in total. The van der Waals surface area contributed by atoms with Gasteiger partial charge in [-0.15, -0.1) is 0 Å². The molecule has 2 aliphatic heterocycles. The zero-order valence-electron chi connectivity index (χ0n) is 17.4. The van der Waals surface area contributed by atoms with Gasteiger partial charge in [-0.25, -0.2) is 4.68 Å². The van der Waals surface area contributed by atoms with Crippen molar-refractivity contribution in [2.75, 3.05) is 5.32 Å². The predicted molar refractivity (Wildman–Crippen MR) is 115 cm³/mol. The number of aryl methyl sites for hydroxylation is 1. The number of allylic oxidation sites excluding steroid dienone is 1. The van der Waals surface area contributed by atoms with Gasteiger partial charge in [0.05, 0.1) is 17.3 Å². The summed E-state index contributed by atoms with van der Waals surface area (Å²) in [5, 5.41) is 14.5. The molecule has 2 aliphatic rings. The number of benzene rings is 1. The van der Waals surface area contributed by atoms with E-state index < -0.39 is 17.9 Å². The van der Waals surface area contributed by atoms with Crippen molar-refractivity contribution in [1.29, 1.82) is 0 Å². The second kappa shape index (κ2) is 7.49. The Labute approximate surface area is 183 Å². The highest BCUT2D eigenvalue weighted by molar-refractivity contribution is 6.25. The average molecular weight is 431 g/mol. The molecule has 3 amide bonds. The van der Waals surface area contributed by atoms with Crippen LogP contribution in [0.15, 0.2) is 55.1 Å². The van der Waals surface area contributed by atoms with Crippen LogP contribution in [0.5, 0.6) is 0 Å². The molecule has 10 heteroatoms. The van der Waals surface area contributed by atoms with E-state index in [1.54, 1.807) is 33.8 Å². The van der Waals surface area contributed by atoms with Crippen LogP contribution < -0.4 is 10.6 Å². The molecule has 32 heavy (non-hydrogen) atoms. The van der Waals surface area contributed by atoms with Crippen molar-refractivity contribution in [3.05, 3.63) is 71.8 Å². The van der Waals surface area contributed by atoms with Crippen LogP contribution in [0.4, 0.5) is 5.69 Å². The Morgan fingerprint density at radius 1 is 1.22 bits per heavy atom. The van der Waals surface area contributed by atoms with Crippen LogP contribution in [0.25, 0.3) is 5.82 Å². The van der Waals surface area contributed by atoms with Crippen LogP contribution in [0.2, 0.25) is 0 Å². The molecule has 2 N–H and O–H groups in total. The number of rotatable bonds is 5. The fraction of sp³-hybridized carbons (Fsp3) is 0.227. The number of nitrogens with one attached hydrogen (secondary N) is 2. The summed E-state index contributed by atoms with van der Waals surface area (Å²) in [4.78, 5) is 39.6. The predicted octanol–water partition coefficient (Wildman–Crippen LogP) is 1.61. The molecule has 0 bridgehead atoms. The average Bonchev–Trinajstić information content (AvgIpc) is 3.47. The molecule has 1 atom stereocenters. The standard InChI is InChI=1S/C22H21N7O3/c1-13-6-7-17(20(30)25-13)29-21(31)15-4-3-5-16(19(15)22(29)32)23-10-14-11-24-28(12-14)18-8-9-27(2)26-18/h3-5,8-9,11-12,17,23H,1,6-7,10H2,2H3,(H,25,30). The molecule has 1 fully saturated rings. The summed E-state index contributed by atoms with van der Waals surface area (Å²) in [6, 6.07) is 6.09. The molecule has 1 unspecified atom stereocenters. The van der Waals surface area contributed by atoms with E-state index in [4.69, 9.17) is 0 Å². The van der Waals surface area contributed by atoms with Crippen LogP contribution in [0.1, 0.15) is 39.1 Å². The van der Waals surface area contributed by atoms with Crippen molar-refractivity contribution in [1.82, 2.24) is 29.8 Å². The van der Waals surface area contributed by atoms with E-state index in [0.717, 1.165) is 10.5 Å². The lowest BCUT2D eigenvalue weighted by molar-refractivity contribution is -0.125. The summed E-state index contributed by atoms with van der Waals surface area (Å²) in [6.07, 6.45) is 6.28. The summed E-state index contributed by atoms with van der Waals surface area (Å²) in [6.45, 7) is 4.15. The smallest absolute Gasteiger partial charge is 0.264 e. The highest BCUT2D eigenvalue weighted by Crippen LogP contribution is 2.33. The van der Waals surface area contributed by atoms with Crippen LogP contribution in [0, 0.1) is 0 Å². The molecule has 0 spiro atoms. The first-order chi connectivity index (χ1) is 15.4. The minimum Gasteiger partial charge on any atom is -0.380 e. The van der Waals surface area contributed by atoms with E-state index in [9.17, 15) is 14.4 Å². The number of carbonyl (C=O) groups is 3. The zero-order valence-corrected chi connectivity index (χ0v) is 17.4. The van der Waals surface area contributed by atoms with Crippen LogP contribution in [-0.2, 0) is 18.4 Å². The van der Waals surface area contributed by atoms with Crippen molar-refractivity contribution < 1.29 is 14.4 Å². The normalized spacial score (nSPS) is 18.2. The number of piperidine rings is 1. The Kier molecular flexibility index (Phi) is 4.62.